The van der Waals surface area contributed by atoms with Gasteiger partial charge in [-0.3, -0.25) is 4.79 Å². The van der Waals surface area contributed by atoms with Crippen LogP contribution in [0.25, 0.3) is 5.65 Å². The molecule has 0 unspecified atom stereocenters. The fourth-order valence-corrected chi connectivity index (χ4v) is 2.68. The Labute approximate surface area is 166 Å². The normalized spacial score (nSPS) is 11.7. The lowest BCUT2D eigenvalue weighted by Crippen LogP contribution is -2.15. The van der Waals surface area contributed by atoms with E-state index in [1.165, 1.54) is 38.3 Å². The van der Waals surface area contributed by atoms with Crippen LogP contribution in [0.5, 0.6) is 11.5 Å². The molecule has 1 N–H and O–H groups in total. The van der Waals surface area contributed by atoms with Crippen molar-refractivity contribution in [1.82, 2.24) is 14.6 Å². The van der Waals surface area contributed by atoms with E-state index in [2.05, 4.69) is 20.1 Å². The van der Waals surface area contributed by atoms with Gasteiger partial charge in [0.1, 0.15) is 5.69 Å². The second-order valence-corrected chi connectivity index (χ2v) is 6.25. The molecule has 7 nitrogen and oxygen atoms in total. The zero-order valence-corrected chi connectivity index (χ0v) is 15.7. The second kappa shape index (κ2) is 7.74. The molecule has 12 heteroatoms. The summed E-state index contributed by atoms with van der Waals surface area (Å²) in [5.41, 5.74) is -0.409. The van der Waals surface area contributed by atoms with Crippen molar-refractivity contribution in [2.24, 2.45) is 0 Å². The molecule has 2 aromatic heterocycles. The van der Waals surface area contributed by atoms with Crippen molar-refractivity contribution in [2.75, 3.05) is 12.4 Å². The van der Waals surface area contributed by atoms with Gasteiger partial charge in [0.05, 0.1) is 7.11 Å². The Bertz CT molecular complexity index is 1070. The van der Waals surface area contributed by atoms with Crippen LogP contribution in [0.3, 0.4) is 0 Å². The van der Waals surface area contributed by atoms with Gasteiger partial charge in [0.15, 0.2) is 22.8 Å². The smallest absolute Gasteiger partial charge is 0.387 e. The highest BCUT2D eigenvalue weighted by molar-refractivity contribution is 6.21. The van der Waals surface area contributed by atoms with Crippen molar-refractivity contribution in [3.8, 4) is 11.5 Å². The monoisotopic (exact) mass is 432 g/mol. The first-order valence-electron chi connectivity index (χ1n) is 7.97. The van der Waals surface area contributed by atoms with Crippen LogP contribution in [0.4, 0.5) is 23.2 Å². The van der Waals surface area contributed by atoms with Crippen molar-refractivity contribution in [2.45, 2.75) is 18.9 Å². The highest BCUT2D eigenvalue weighted by Gasteiger charge is 2.32. The summed E-state index contributed by atoms with van der Waals surface area (Å²) >= 11 is 5.11. The van der Waals surface area contributed by atoms with Gasteiger partial charge < -0.3 is 14.8 Å². The van der Waals surface area contributed by atoms with E-state index in [0.717, 1.165) is 10.6 Å². The van der Waals surface area contributed by atoms with Crippen molar-refractivity contribution in [3.05, 3.63) is 47.4 Å². The van der Waals surface area contributed by atoms with Gasteiger partial charge in [-0.1, -0.05) is 0 Å². The average Bonchev–Trinajstić information content (AvgIpc) is 3.04. The van der Waals surface area contributed by atoms with Crippen LogP contribution in [0.2, 0.25) is 0 Å². The zero-order chi connectivity index (χ0) is 21.3. The Morgan fingerprint density at radius 3 is 2.59 bits per heavy atom. The van der Waals surface area contributed by atoms with Gasteiger partial charge in [0, 0.05) is 23.5 Å². The molecule has 0 aliphatic rings. The maximum absolute atomic E-state index is 13.6. The van der Waals surface area contributed by atoms with Gasteiger partial charge in [-0.15, -0.1) is 0 Å². The molecule has 1 amide bonds. The van der Waals surface area contributed by atoms with E-state index < -0.39 is 23.6 Å². The van der Waals surface area contributed by atoms with Crippen molar-refractivity contribution in [3.63, 3.8) is 0 Å². The molecule has 0 radical (unpaired) electrons. The number of ether oxygens (including phenoxy) is 2. The molecule has 0 saturated carbocycles. The third-order valence-corrected chi connectivity index (χ3v) is 3.91. The number of hydrogen-bond acceptors (Lipinski definition) is 5. The number of halogens is 5. The molecule has 0 atom stereocenters. The number of anilines is 1. The molecular weight excluding hydrogens is 420 g/mol. The Morgan fingerprint density at radius 2 is 1.97 bits per heavy atom. The molecule has 0 saturated heterocycles. The van der Waals surface area contributed by atoms with E-state index in [4.69, 9.17) is 16.3 Å². The average molecular weight is 433 g/mol. The number of fused-ring (bicyclic) bond motifs is 1. The van der Waals surface area contributed by atoms with E-state index in [-0.39, 0.29) is 34.2 Å². The quantitative estimate of drug-likeness (QED) is 0.467. The third-order valence-electron chi connectivity index (χ3n) is 3.72. The summed E-state index contributed by atoms with van der Waals surface area (Å²) in [5, 5.41) is 2.58. The minimum absolute atomic E-state index is 0.00346. The highest BCUT2D eigenvalue weighted by Crippen LogP contribution is 2.33. The molecule has 0 bridgehead atoms. The molecule has 0 aliphatic heterocycles. The summed E-state index contributed by atoms with van der Waals surface area (Å²) in [6.07, 6.45) is 0. The summed E-state index contributed by atoms with van der Waals surface area (Å²) < 4.78 is 62.1. The molecule has 29 heavy (non-hydrogen) atoms. The molecule has 0 fully saturated rings. The van der Waals surface area contributed by atoms with Crippen LogP contribution in [0, 0.1) is 6.92 Å². The first kappa shape index (κ1) is 20.6. The maximum Gasteiger partial charge on any atom is 0.387 e. The Kier molecular flexibility index (Phi) is 5.51. The number of aryl methyl sites for hydroxylation is 1. The number of benzene rings is 1. The van der Waals surface area contributed by atoms with E-state index >= 15 is 0 Å². The van der Waals surface area contributed by atoms with Gasteiger partial charge >= 0.3 is 12.0 Å². The molecule has 2 heterocycles. The Hall–Kier alpha value is -3.08. The summed E-state index contributed by atoms with van der Waals surface area (Å²) in [4.78, 5) is 16.5. The van der Waals surface area contributed by atoms with Gasteiger partial charge in [-0.2, -0.15) is 22.7 Å². The Morgan fingerprint density at radius 1 is 1.24 bits per heavy atom. The molecule has 0 spiro atoms. The number of nitrogens with one attached hydrogen (secondary N) is 1. The topological polar surface area (TPSA) is 77.8 Å². The van der Waals surface area contributed by atoms with Crippen LogP contribution in [0.1, 0.15) is 21.9 Å². The number of carbonyl (C=O) groups excluding carboxylic acids is 1. The zero-order valence-electron chi connectivity index (χ0n) is 14.9. The summed E-state index contributed by atoms with van der Waals surface area (Å²) in [7, 11) is 1.24. The standard InChI is InChI=1S/C17H13ClF4N4O3/c1-8-5-13(17(18,21)22)26-14(23-8)7-10(25-26)15(27)24-9-3-4-11(29-16(19)20)12(6-9)28-2/h3-7,16H,1-2H3,(H,24,27). The first-order chi connectivity index (χ1) is 13.6. The van der Waals surface area contributed by atoms with Crippen LogP contribution in [-0.2, 0) is 5.38 Å². The number of aromatic nitrogens is 3. The van der Waals surface area contributed by atoms with E-state index in [0.29, 0.717) is 0 Å². The molecular formula is C17H13ClF4N4O3. The molecule has 154 valence electrons. The fourth-order valence-electron chi connectivity index (χ4n) is 2.55. The van der Waals surface area contributed by atoms with E-state index in [9.17, 15) is 22.4 Å². The fraction of sp³-hybridized carbons (Fsp3) is 0.235. The number of hydrogen-bond donors (Lipinski definition) is 1. The minimum atomic E-state index is -3.72. The maximum atomic E-state index is 13.6. The lowest BCUT2D eigenvalue weighted by atomic mass is 10.2. The molecule has 1 aromatic carbocycles. The lowest BCUT2D eigenvalue weighted by molar-refractivity contribution is -0.0512. The molecule has 3 aromatic rings. The predicted octanol–water partition coefficient (Wildman–Crippen LogP) is 4.19. The number of carbonyl (C=O) groups is 1. The summed E-state index contributed by atoms with van der Waals surface area (Å²) in [6.45, 7) is -1.55. The summed E-state index contributed by atoms with van der Waals surface area (Å²) in [6, 6.07) is 6.00. The minimum Gasteiger partial charge on any atom is -0.493 e. The van der Waals surface area contributed by atoms with Crippen molar-refractivity contribution < 1.29 is 31.8 Å². The van der Waals surface area contributed by atoms with Crippen LogP contribution in [-0.4, -0.2) is 34.2 Å². The predicted molar refractivity (Wildman–Crippen MR) is 95.1 cm³/mol. The SMILES string of the molecule is COc1cc(NC(=O)c2cc3nc(C)cc(C(F)(F)Cl)n3n2)ccc1OC(F)F. The lowest BCUT2D eigenvalue weighted by Gasteiger charge is -2.11. The number of amides is 1. The van der Waals surface area contributed by atoms with E-state index in [1.54, 1.807) is 0 Å². The third kappa shape index (κ3) is 4.50. The van der Waals surface area contributed by atoms with Crippen LogP contribution < -0.4 is 14.8 Å². The highest BCUT2D eigenvalue weighted by atomic mass is 35.5. The largest absolute Gasteiger partial charge is 0.493 e. The van der Waals surface area contributed by atoms with Crippen LogP contribution >= 0.6 is 11.6 Å². The first-order valence-corrected chi connectivity index (χ1v) is 8.35. The number of rotatable bonds is 6. The van der Waals surface area contributed by atoms with Crippen molar-refractivity contribution in [1.29, 1.82) is 0 Å². The van der Waals surface area contributed by atoms with Gasteiger partial charge in [-0.25, -0.2) is 9.50 Å². The van der Waals surface area contributed by atoms with Crippen LogP contribution in [0.15, 0.2) is 30.3 Å². The number of nitrogens with zero attached hydrogens (tertiary/aromatic N) is 3. The molecule has 0 aliphatic carbocycles. The second-order valence-electron chi connectivity index (χ2n) is 5.78. The van der Waals surface area contributed by atoms with Gasteiger partial charge in [0.2, 0.25) is 0 Å². The number of methoxy groups -OCH3 is 1. The Balaban J connectivity index is 1.91. The summed E-state index contributed by atoms with van der Waals surface area (Å²) in [5.74, 6) is -1.01. The van der Waals surface area contributed by atoms with Crippen molar-refractivity contribution >= 4 is 28.8 Å². The molecule has 3 rings (SSSR count). The van der Waals surface area contributed by atoms with E-state index in [1.807, 2.05) is 0 Å². The van der Waals surface area contributed by atoms with Gasteiger partial charge in [-0.05, 0) is 36.7 Å². The van der Waals surface area contributed by atoms with Gasteiger partial charge in [0.25, 0.3) is 5.91 Å². The number of alkyl halides is 5.